The maximum absolute atomic E-state index is 13.1. The number of benzene rings is 1. The molecule has 9 N–H and O–H groups in total. The maximum Gasteiger partial charge on any atom is 0.325 e. The summed E-state index contributed by atoms with van der Waals surface area (Å²) in [6.07, 6.45) is 1.08. The summed E-state index contributed by atoms with van der Waals surface area (Å²) >= 11 is 0. The number of unbranched alkanes of at least 4 members (excludes halogenated alkanes) is 1. The number of carbonyl (C=O) groups excluding carboxylic acids is 3. The van der Waals surface area contributed by atoms with Gasteiger partial charge in [0.1, 0.15) is 18.1 Å². The van der Waals surface area contributed by atoms with Crippen LogP contribution in [0.25, 0.3) is 0 Å². The van der Waals surface area contributed by atoms with E-state index in [1.165, 1.54) is 6.92 Å². The molecule has 12 nitrogen and oxygen atoms in total. The molecule has 0 heterocycles. The Hall–Kier alpha value is -3.51. The molecular formula is C23H35N5O7. The molecule has 1 rings (SSSR count). The minimum Gasteiger partial charge on any atom is -0.481 e. The highest BCUT2D eigenvalue weighted by molar-refractivity contribution is 5.94. The number of nitrogens with two attached hydrogens (primary N) is 2. The summed E-state index contributed by atoms with van der Waals surface area (Å²) < 4.78 is 0. The van der Waals surface area contributed by atoms with Gasteiger partial charge >= 0.3 is 11.9 Å². The second-order valence-corrected chi connectivity index (χ2v) is 8.20. The highest BCUT2D eigenvalue weighted by Gasteiger charge is 2.29. The molecule has 0 bridgehead atoms. The summed E-state index contributed by atoms with van der Waals surface area (Å²) in [4.78, 5) is 60.4. The van der Waals surface area contributed by atoms with Gasteiger partial charge in [-0.2, -0.15) is 0 Å². The fourth-order valence-electron chi connectivity index (χ4n) is 3.16. The second-order valence-electron chi connectivity index (χ2n) is 8.20. The standard InChI is InChI=1S/C23H35N5O7/c1-14(23(34)35)26-21(32)17(10-11-19(29)30)27-22(33)18(13-15-7-3-2-4-8-15)28-20(31)16(25)9-5-6-12-24/h2-4,7-8,14,16-18H,5-6,9-13,24-25H2,1H3,(H,26,32)(H,27,33)(H,28,31)(H,29,30)(H,34,35). The number of hydrogen-bond acceptors (Lipinski definition) is 7. The van der Waals surface area contributed by atoms with Crippen molar-refractivity contribution in [2.45, 2.75) is 69.6 Å². The first kappa shape index (κ1) is 29.5. The zero-order valence-electron chi connectivity index (χ0n) is 19.7. The van der Waals surface area contributed by atoms with Crippen molar-refractivity contribution in [2.24, 2.45) is 11.5 Å². The van der Waals surface area contributed by atoms with Crippen LogP contribution in [-0.2, 0) is 30.4 Å². The van der Waals surface area contributed by atoms with Crippen LogP contribution in [0.4, 0.5) is 0 Å². The first-order valence-corrected chi connectivity index (χ1v) is 11.4. The molecule has 0 spiro atoms. The molecule has 194 valence electrons. The molecule has 0 radical (unpaired) electrons. The molecular weight excluding hydrogens is 458 g/mol. The van der Waals surface area contributed by atoms with E-state index in [1.807, 2.05) is 0 Å². The normalized spacial score (nSPS) is 14.1. The number of aliphatic carboxylic acids is 2. The van der Waals surface area contributed by atoms with Crippen LogP contribution in [0, 0.1) is 0 Å². The molecule has 0 saturated carbocycles. The highest BCUT2D eigenvalue weighted by Crippen LogP contribution is 2.07. The van der Waals surface area contributed by atoms with E-state index in [1.54, 1.807) is 30.3 Å². The number of carboxylic acids is 2. The van der Waals surface area contributed by atoms with Gasteiger partial charge in [-0.1, -0.05) is 36.8 Å². The first-order chi connectivity index (χ1) is 16.5. The SMILES string of the molecule is CC(NC(=O)C(CCC(=O)O)NC(=O)C(Cc1ccccc1)NC(=O)C(N)CCCCN)C(=O)O. The van der Waals surface area contributed by atoms with Gasteiger partial charge in [0.25, 0.3) is 0 Å². The molecule has 0 fully saturated rings. The Labute approximate surface area is 203 Å². The number of hydrogen-bond donors (Lipinski definition) is 7. The van der Waals surface area contributed by atoms with Crippen LogP contribution in [0.3, 0.4) is 0 Å². The van der Waals surface area contributed by atoms with Crippen molar-refractivity contribution in [3.05, 3.63) is 35.9 Å². The predicted molar refractivity (Wildman–Crippen MR) is 127 cm³/mol. The van der Waals surface area contributed by atoms with E-state index in [-0.39, 0.29) is 12.8 Å². The average Bonchev–Trinajstić information content (AvgIpc) is 2.81. The Balaban J connectivity index is 3.03. The summed E-state index contributed by atoms with van der Waals surface area (Å²) in [5.74, 6) is -4.62. The topological polar surface area (TPSA) is 214 Å². The van der Waals surface area contributed by atoms with E-state index in [9.17, 15) is 24.0 Å². The second kappa shape index (κ2) is 15.4. The van der Waals surface area contributed by atoms with Crippen LogP contribution < -0.4 is 27.4 Å². The van der Waals surface area contributed by atoms with Crippen molar-refractivity contribution in [3.8, 4) is 0 Å². The van der Waals surface area contributed by atoms with Crippen molar-refractivity contribution in [1.82, 2.24) is 16.0 Å². The summed E-state index contributed by atoms with van der Waals surface area (Å²) in [6, 6.07) is 4.29. The summed E-state index contributed by atoms with van der Waals surface area (Å²) in [5.41, 5.74) is 12.1. The molecule has 0 aliphatic carbocycles. The molecule has 1 aromatic rings. The van der Waals surface area contributed by atoms with Crippen molar-refractivity contribution < 1.29 is 34.2 Å². The fraction of sp³-hybridized carbons (Fsp3) is 0.522. The van der Waals surface area contributed by atoms with Gasteiger partial charge in [0.2, 0.25) is 17.7 Å². The minimum absolute atomic E-state index is 0.0900. The first-order valence-electron chi connectivity index (χ1n) is 11.4. The summed E-state index contributed by atoms with van der Waals surface area (Å²) in [7, 11) is 0. The molecule has 12 heteroatoms. The van der Waals surface area contributed by atoms with Crippen molar-refractivity contribution >= 4 is 29.7 Å². The third kappa shape index (κ3) is 11.5. The van der Waals surface area contributed by atoms with Crippen LogP contribution in [0.15, 0.2) is 30.3 Å². The van der Waals surface area contributed by atoms with E-state index in [4.69, 9.17) is 21.7 Å². The molecule has 4 unspecified atom stereocenters. The number of rotatable bonds is 16. The van der Waals surface area contributed by atoms with Gasteiger partial charge in [-0.15, -0.1) is 0 Å². The lowest BCUT2D eigenvalue weighted by Gasteiger charge is -2.24. The van der Waals surface area contributed by atoms with Crippen molar-refractivity contribution in [1.29, 1.82) is 0 Å². The Morgan fingerprint density at radius 1 is 0.857 bits per heavy atom. The Morgan fingerprint density at radius 2 is 1.46 bits per heavy atom. The summed E-state index contributed by atoms with van der Waals surface area (Å²) in [5, 5.41) is 25.3. The van der Waals surface area contributed by atoms with Crippen molar-refractivity contribution in [2.75, 3.05) is 6.54 Å². The van der Waals surface area contributed by atoms with Gasteiger partial charge in [-0.3, -0.25) is 24.0 Å². The monoisotopic (exact) mass is 493 g/mol. The molecule has 0 saturated heterocycles. The van der Waals surface area contributed by atoms with Gasteiger partial charge in [0.15, 0.2) is 0 Å². The lowest BCUT2D eigenvalue weighted by atomic mass is 10.0. The Morgan fingerprint density at radius 3 is 2.03 bits per heavy atom. The molecule has 0 aliphatic rings. The predicted octanol–water partition coefficient (Wildman–Crippen LogP) is -0.891. The van der Waals surface area contributed by atoms with E-state index < -0.39 is 60.2 Å². The van der Waals surface area contributed by atoms with Crippen LogP contribution in [-0.4, -0.2) is 70.6 Å². The van der Waals surface area contributed by atoms with E-state index in [0.717, 1.165) is 5.56 Å². The molecule has 1 aromatic carbocycles. The van der Waals surface area contributed by atoms with Gasteiger partial charge in [0.05, 0.1) is 6.04 Å². The number of amides is 3. The Kier molecular flexibility index (Phi) is 13.0. The van der Waals surface area contributed by atoms with Gasteiger partial charge in [-0.25, -0.2) is 0 Å². The van der Waals surface area contributed by atoms with E-state index in [0.29, 0.717) is 25.8 Å². The molecule has 0 aromatic heterocycles. The Bertz CT molecular complexity index is 865. The quantitative estimate of drug-likeness (QED) is 0.142. The largest absolute Gasteiger partial charge is 0.481 e. The number of carbonyl (C=O) groups is 5. The fourth-order valence-corrected chi connectivity index (χ4v) is 3.16. The zero-order chi connectivity index (χ0) is 26.4. The maximum atomic E-state index is 13.1. The van der Waals surface area contributed by atoms with Gasteiger partial charge in [-0.05, 0) is 38.3 Å². The van der Waals surface area contributed by atoms with Gasteiger partial charge in [0, 0.05) is 12.8 Å². The van der Waals surface area contributed by atoms with E-state index in [2.05, 4.69) is 16.0 Å². The van der Waals surface area contributed by atoms with Crippen LogP contribution in [0.2, 0.25) is 0 Å². The molecule has 3 amide bonds. The van der Waals surface area contributed by atoms with Crippen LogP contribution in [0.5, 0.6) is 0 Å². The van der Waals surface area contributed by atoms with Crippen LogP contribution >= 0.6 is 0 Å². The minimum atomic E-state index is -1.33. The number of nitrogens with one attached hydrogen (secondary N) is 3. The zero-order valence-corrected chi connectivity index (χ0v) is 19.7. The summed E-state index contributed by atoms with van der Waals surface area (Å²) in [6.45, 7) is 1.70. The molecule has 0 aliphatic heterocycles. The lowest BCUT2D eigenvalue weighted by Crippen LogP contribution is -2.57. The third-order valence-corrected chi connectivity index (χ3v) is 5.23. The molecule has 35 heavy (non-hydrogen) atoms. The lowest BCUT2D eigenvalue weighted by molar-refractivity contribution is -0.142. The smallest absolute Gasteiger partial charge is 0.325 e. The average molecular weight is 494 g/mol. The molecule has 4 atom stereocenters. The van der Waals surface area contributed by atoms with E-state index >= 15 is 0 Å². The highest BCUT2D eigenvalue weighted by atomic mass is 16.4. The van der Waals surface area contributed by atoms with Gasteiger partial charge < -0.3 is 37.6 Å². The number of carboxylic acid groups (broad SMARTS) is 2. The third-order valence-electron chi connectivity index (χ3n) is 5.23. The van der Waals surface area contributed by atoms with Crippen LogP contribution in [0.1, 0.15) is 44.6 Å². The van der Waals surface area contributed by atoms with Crippen molar-refractivity contribution in [3.63, 3.8) is 0 Å².